The van der Waals surface area contributed by atoms with Gasteiger partial charge >= 0.3 is 0 Å². The van der Waals surface area contributed by atoms with Crippen LogP contribution in [0.25, 0.3) is 0 Å². The molecular weight excluding hydrogens is 222 g/mol. The number of hydrogen-bond donors (Lipinski definition) is 1. The predicted octanol–water partition coefficient (Wildman–Crippen LogP) is 1.89. The van der Waals surface area contributed by atoms with Crippen molar-refractivity contribution in [2.24, 2.45) is 0 Å². The first kappa shape index (κ1) is 10.2. The number of benzene rings is 1. The molecule has 1 atom stereocenters. The van der Waals surface area contributed by atoms with Crippen LogP contribution in [0.3, 0.4) is 0 Å². The first-order valence-corrected chi connectivity index (χ1v) is 6.10. The number of anilines is 2. The Hall–Kier alpha value is -0.930. The second kappa shape index (κ2) is 3.82. The van der Waals surface area contributed by atoms with Crippen LogP contribution in [-0.2, 0) is 0 Å². The zero-order chi connectivity index (χ0) is 11.1. The maximum Gasteiger partial charge on any atom is 0.0621 e. The van der Waals surface area contributed by atoms with Gasteiger partial charge in [-0.1, -0.05) is 11.6 Å². The second-order valence-corrected chi connectivity index (χ2v) is 5.09. The molecule has 1 N–H and O–H groups in total. The van der Waals surface area contributed by atoms with Gasteiger partial charge < -0.3 is 15.1 Å². The number of nitrogens with one attached hydrogen (secondary N) is 1. The molecule has 1 aromatic rings. The molecule has 1 fully saturated rings. The molecule has 4 heteroatoms. The number of nitrogens with zero attached hydrogens (tertiary/aromatic N) is 2. The lowest BCUT2D eigenvalue weighted by Gasteiger charge is -2.45. The Kier molecular flexibility index (Phi) is 2.45. The van der Waals surface area contributed by atoms with Gasteiger partial charge in [-0.3, -0.25) is 0 Å². The van der Waals surface area contributed by atoms with E-state index >= 15 is 0 Å². The minimum absolute atomic E-state index is 0.574. The topological polar surface area (TPSA) is 18.5 Å². The highest BCUT2D eigenvalue weighted by atomic mass is 35.5. The lowest BCUT2D eigenvalue weighted by atomic mass is 10.1. The fraction of sp³-hybridized carbons (Fsp3) is 0.500. The van der Waals surface area contributed by atoms with Crippen molar-refractivity contribution in [3.63, 3.8) is 0 Å². The SMILES string of the molecule is CN1CCN2c3cc(Cl)ccc3NCC2C1. The van der Waals surface area contributed by atoms with E-state index in [1.807, 2.05) is 6.07 Å². The second-order valence-electron chi connectivity index (χ2n) is 4.65. The third-order valence-electron chi connectivity index (χ3n) is 3.48. The molecule has 3 rings (SSSR count). The maximum absolute atomic E-state index is 6.07. The van der Waals surface area contributed by atoms with Crippen LogP contribution in [0.15, 0.2) is 18.2 Å². The van der Waals surface area contributed by atoms with Gasteiger partial charge in [0, 0.05) is 31.2 Å². The van der Waals surface area contributed by atoms with Crippen molar-refractivity contribution in [1.82, 2.24) is 4.90 Å². The van der Waals surface area contributed by atoms with Crippen LogP contribution in [-0.4, -0.2) is 44.2 Å². The van der Waals surface area contributed by atoms with Crippen molar-refractivity contribution in [2.75, 3.05) is 43.4 Å². The molecule has 0 radical (unpaired) electrons. The standard InChI is InChI=1S/C12H16ClN3/c1-15-4-5-16-10(8-15)7-14-11-3-2-9(13)6-12(11)16/h2-3,6,10,14H,4-5,7-8H2,1H3. The summed E-state index contributed by atoms with van der Waals surface area (Å²) in [6.07, 6.45) is 0. The van der Waals surface area contributed by atoms with Gasteiger partial charge in [0.2, 0.25) is 0 Å². The largest absolute Gasteiger partial charge is 0.381 e. The van der Waals surface area contributed by atoms with Crippen LogP contribution in [0, 0.1) is 0 Å². The Labute approximate surface area is 101 Å². The van der Waals surface area contributed by atoms with Crippen LogP contribution in [0.5, 0.6) is 0 Å². The summed E-state index contributed by atoms with van der Waals surface area (Å²) in [5.41, 5.74) is 2.47. The summed E-state index contributed by atoms with van der Waals surface area (Å²) >= 11 is 6.07. The van der Waals surface area contributed by atoms with E-state index in [-0.39, 0.29) is 0 Å². The Bertz CT molecular complexity index is 407. The van der Waals surface area contributed by atoms with E-state index in [2.05, 4.69) is 34.3 Å². The van der Waals surface area contributed by atoms with E-state index in [1.54, 1.807) is 0 Å². The molecule has 1 unspecified atom stereocenters. The van der Waals surface area contributed by atoms with Gasteiger partial charge in [0.05, 0.1) is 17.4 Å². The molecule has 0 spiro atoms. The average molecular weight is 238 g/mol. The molecular formula is C12H16ClN3. The summed E-state index contributed by atoms with van der Waals surface area (Å²) in [5, 5.41) is 4.30. The first-order chi connectivity index (χ1) is 7.74. The smallest absolute Gasteiger partial charge is 0.0621 e. The summed E-state index contributed by atoms with van der Waals surface area (Å²) < 4.78 is 0. The maximum atomic E-state index is 6.07. The van der Waals surface area contributed by atoms with Crippen molar-refractivity contribution < 1.29 is 0 Å². The van der Waals surface area contributed by atoms with E-state index in [1.165, 1.54) is 11.4 Å². The van der Waals surface area contributed by atoms with Gasteiger partial charge in [0.1, 0.15) is 0 Å². The molecule has 16 heavy (non-hydrogen) atoms. The Balaban J connectivity index is 1.96. The third kappa shape index (κ3) is 1.64. The number of likely N-dealkylation sites (N-methyl/N-ethyl adjacent to an activating group) is 1. The normalized spacial score (nSPS) is 24.6. The zero-order valence-corrected chi connectivity index (χ0v) is 10.2. The number of fused-ring (bicyclic) bond motifs is 3. The van der Waals surface area contributed by atoms with Crippen LogP contribution in [0.2, 0.25) is 5.02 Å². The Morgan fingerprint density at radius 1 is 1.38 bits per heavy atom. The van der Waals surface area contributed by atoms with Crippen molar-refractivity contribution in [3.05, 3.63) is 23.2 Å². The summed E-state index contributed by atoms with van der Waals surface area (Å²) in [5.74, 6) is 0. The Morgan fingerprint density at radius 3 is 3.12 bits per heavy atom. The van der Waals surface area contributed by atoms with Crippen LogP contribution in [0.1, 0.15) is 0 Å². The van der Waals surface area contributed by atoms with Crippen LogP contribution < -0.4 is 10.2 Å². The molecule has 2 aliphatic rings. The first-order valence-electron chi connectivity index (χ1n) is 5.72. The van der Waals surface area contributed by atoms with E-state index in [9.17, 15) is 0 Å². The lowest BCUT2D eigenvalue weighted by Crippen LogP contribution is -2.56. The van der Waals surface area contributed by atoms with E-state index in [4.69, 9.17) is 11.6 Å². The van der Waals surface area contributed by atoms with Gasteiger partial charge in [0.25, 0.3) is 0 Å². The summed E-state index contributed by atoms with van der Waals surface area (Å²) in [6, 6.07) is 6.67. The van der Waals surface area contributed by atoms with Crippen molar-refractivity contribution in [2.45, 2.75) is 6.04 Å². The zero-order valence-electron chi connectivity index (χ0n) is 9.41. The van der Waals surface area contributed by atoms with Crippen molar-refractivity contribution >= 4 is 23.0 Å². The molecule has 0 saturated carbocycles. The number of rotatable bonds is 0. The molecule has 3 nitrogen and oxygen atoms in total. The summed E-state index contributed by atoms with van der Waals surface area (Å²) in [6.45, 7) is 4.37. The molecule has 0 aromatic heterocycles. The van der Waals surface area contributed by atoms with E-state index < -0.39 is 0 Å². The van der Waals surface area contributed by atoms with Gasteiger partial charge in [-0.15, -0.1) is 0 Å². The highest BCUT2D eigenvalue weighted by Gasteiger charge is 2.30. The predicted molar refractivity (Wildman–Crippen MR) is 68.6 cm³/mol. The van der Waals surface area contributed by atoms with Gasteiger partial charge in [0.15, 0.2) is 0 Å². The molecule has 0 amide bonds. The molecule has 0 aliphatic carbocycles. The monoisotopic (exact) mass is 237 g/mol. The average Bonchev–Trinajstić information content (AvgIpc) is 2.28. The molecule has 2 heterocycles. The molecule has 86 valence electrons. The fourth-order valence-electron chi connectivity index (χ4n) is 2.62. The number of hydrogen-bond acceptors (Lipinski definition) is 3. The minimum atomic E-state index is 0.574. The third-order valence-corrected chi connectivity index (χ3v) is 3.72. The fourth-order valence-corrected chi connectivity index (χ4v) is 2.79. The number of halogens is 1. The molecule has 1 aromatic carbocycles. The van der Waals surface area contributed by atoms with Gasteiger partial charge in [-0.05, 0) is 25.2 Å². The summed E-state index contributed by atoms with van der Waals surface area (Å²) in [7, 11) is 2.19. The molecule has 2 aliphatic heterocycles. The van der Waals surface area contributed by atoms with E-state index in [0.717, 1.165) is 31.2 Å². The molecule has 0 bridgehead atoms. The van der Waals surface area contributed by atoms with Gasteiger partial charge in [-0.2, -0.15) is 0 Å². The minimum Gasteiger partial charge on any atom is -0.381 e. The van der Waals surface area contributed by atoms with E-state index in [0.29, 0.717) is 6.04 Å². The molecule has 1 saturated heterocycles. The van der Waals surface area contributed by atoms with Crippen molar-refractivity contribution in [3.8, 4) is 0 Å². The quantitative estimate of drug-likeness (QED) is 0.744. The lowest BCUT2D eigenvalue weighted by molar-refractivity contribution is 0.270. The number of piperazine rings is 1. The Morgan fingerprint density at radius 2 is 2.25 bits per heavy atom. The summed E-state index contributed by atoms with van der Waals surface area (Å²) in [4.78, 5) is 4.87. The van der Waals surface area contributed by atoms with Gasteiger partial charge in [-0.25, -0.2) is 0 Å². The highest BCUT2D eigenvalue weighted by Crippen LogP contribution is 2.34. The highest BCUT2D eigenvalue weighted by molar-refractivity contribution is 6.31. The van der Waals surface area contributed by atoms with Crippen molar-refractivity contribution in [1.29, 1.82) is 0 Å². The van der Waals surface area contributed by atoms with Crippen LogP contribution in [0.4, 0.5) is 11.4 Å². The van der Waals surface area contributed by atoms with Crippen LogP contribution >= 0.6 is 11.6 Å².